The molecule has 0 aliphatic carbocycles. The smallest absolute Gasteiger partial charge is 0.0470 e. The topological polar surface area (TPSA) is 38.0 Å². The first-order valence-electron chi connectivity index (χ1n) is 6.50. The Morgan fingerprint density at radius 3 is 2.53 bits per heavy atom. The average molecular weight is 346 g/mol. The third-order valence-electron chi connectivity index (χ3n) is 3.08. The highest BCUT2D eigenvalue weighted by molar-refractivity contribution is 14.1. The molecule has 3 heteroatoms. The van der Waals surface area contributed by atoms with Gasteiger partial charge in [0, 0.05) is 9.61 Å². The first kappa shape index (κ1) is 14.9. The molecule has 17 heavy (non-hydrogen) atoms. The number of hydrogen-bond acceptors (Lipinski definition) is 2. The Labute approximate surface area is 118 Å². The van der Waals surface area contributed by atoms with Crippen LogP contribution in [0.4, 0.5) is 0 Å². The molecule has 3 N–H and O–H groups in total. The maximum atomic E-state index is 5.66. The molecule has 0 aromatic heterocycles. The third-order valence-corrected chi connectivity index (χ3v) is 4.06. The van der Waals surface area contributed by atoms with E-state index in [1.807, 2.05) is 0 Å². The molecule has 0 fully saturated rings. The van der Waals surface area contributed by atoms with E-state index in [2.05, 4.69) is 59.2 Å². The second-order valence-electron chi connectivity index (χ2n) is 4.44. The van der Waals surface area contributed by atoms with Crippen molar-refractivity contribution < 1.29 is 0 Å². The maximum absolute atomic E-state index is 5.66. The van der Waals surface area contributed by atoms with Gasteiger partial charge in [-0.15, -0.1) is 0 Å². The van der Waals surface area contributed by atoms with Gasteiger partial charge in [0.1, 0.15) is 0 Å². The fourth-order valence-corrected chi connectivity index (χ4v) is 2.80. The van der Waals surface area contributed by atoms with E-state index in [4.69, 9.17) is 5.84 Å². The summed E-state index contributed by atoms with van der Waals surface area (Å²) in [7, 11) is 0. The summed E-state index contributed by atoms with van der Waals surface area (Å²) in [5.74, 6) is 5.66. The van der Waals surface area contributed by atoms with Crippen molar-refractivity contribution in [1.29, 1.82) is 0 Å². The number of halogens is 1. The summed E-state index contributed by atoms with van der Waals surface area (Å²) in [6.07, 6.45) is 7.69. The molecule has 0 spiro atoms. The van der Waals surface area contributed by atoms with Crippen molar-refractivity contribution in [3.8, 4) is 0 Å². The van der Waals surface area contributed by atoms with Crippen molar-refractivity contribution in [3.05, 3.63) is 33.4 Å². The van der Waals surface area contributed by atoms with E-state index in [1.54, 1.807) is 0 Å². The average Bonchev–Trinajstić information content (AvgIpc) is 2.35. The van der Waals surface area contributed by atoms with E-state index in [0.29, 0.717) is 6.04 Å². The quantitative estimate of drug-likeness (QED) is 0.321. The van der Waals surface area contributed by atoms with Gasteiger partial charge >= 0.3 is 0 Å². The molecule has 1 aromatic carbocycles. The first-order chi connectivity index (χ1) is 8.29. The molecule has 0 radical (unpaired) electrons. The molecule has 0 saturated carbocycles. The predicted octanol–water partition coefficient (Wildman–Crippen LogP) is 4.16. The normalized spacial score (nSPS) is 12.6. The molecule has 1 aromatic rings. The summed E-state index contributed by atoms with van der Waals surface area (Å²) in [6, 6.07) is 8.75. The molecule has 0 amide bonds. The summed E-state index contributed by atoms with van der Waals surface area (Å²) in [4.78, 5) is 0. The summed E-state index contributed by atoms with van der Waals surface area (Å²) in [5.41, 5.74) is 4.27. The Morgan fingerprint density at radius 1 is 1.18 bits per heavy atom. The van der Waals surface area contributed by atoms with Crippen LogP contribution in [0.3, 0.4) is 0 Å². The highest BCUT2D eigenvalue weighted by atomic mass is 127. The van der Waals surface area contributed by atoms with Gasteiger partial charge in [-0.2, -0.15) is 0 Å². The van der Waals surface area contributed by atoms with E-state index in [0.717, 1.165) is 6.42 Å². The highest BCUT2D eigenvalue weighted by Crippen LogP contribution is 2.24. The zero-order chi connectivity index (χ0) is 12.5. The van der Waals surface area contributed by atoms with Crippen molar-refractivity contribution in [2.75, 3.05) is 0 Å². The number of benzene rings is 1. The van der Waals surface area contributed by atoms with E-state index in [-0.39, 0.29) is 0 Å². The zero-order valence-electron chi connectivity index (χ0n) is 10.6. The van der Waals surface area contributed by atoms with Crippen LogP contribution in [0, 0.1) is 3.57 Å². The van der Waals surface area contributed by atoms with Crippen LogP contribution in [0.25, 0.3) is 0 Å². The zero-order valence-corrected chi connectivity index (χ0v) is 12.7. The van der Waals surface area contributed by atoms with Gasteiger partial charge in [-0.25, -0.2) is 0 Å². The minimum absolute atomic E-state index is 0.296. The lowest BCUT2D eigenvalue weighted by Crippen LogP contribution is -2.28. The molecule has 0 heterocycles. The van der Waals surface area contributed by atoms with Gasteiger partial charge in [0.25, 0.3) is 0 Å². The van der Waals surface area contributed by atoms with Crippen LogP contribution in [0.2, 0.25) is 0 Å². The van der Waals surface area contributed by atoms with Gasteiger partial charge in [0.15, 0.2) is 0 Å². The minimum Gasteiger partial charge on any atom is -0.271 e. The molecule has 1 rings (SSSR count). The van der Waals surface area contributed by atoms with Gasteiger partial charge in [0.05, 0.1) is 0 Å². The molecule has 1 unspecified atom stereocenters. The Morgan fingerprint density at radius 2 is 1.88 bits per heavy atom. The van der Waals surface area contributed by atoms with E-state index in [1.165, 1.54) is 41.2 Å². The molecule has 0 aliphatic heterocycles. The van der Waals surface area contributed by atoms with Crippen molar-refractivity contribution in [2.24, 2.45) is 5.84 Å². The molecule has 0 bridgehead atoms. The summed E-state index contributed by atoms with van der Waals surface area (Å²) in [5, 5.41) is 0. The first-order valence-corrected chi connectivity index (χ1v) is 7.58. The van der Waals surface area contributed by atoms with Crippen molar-refractivity contribution in [3.63, 3.8) is 0 Å². The molecule has 0 aliphatic rings. The molecule has 2 nitrogen and oxygen atoms in total. The van der Waals surface area contributed by atoms with E-state index < -0.39 is 0 Å². The summed E-state index contributed by atoms with van der Waals surface area (Å²) in [6.45, 7) is 2.25. The standard InChI is InChI=1S/C14H23IN2/c1-2-3-4-5-6-11-14(17-16)12-9-7-8-10-13(12)15/h7-10,14,17H,2-6,11,16H2,1H3. The lowest BCUT2D eigenvalue weighted by Gasteiger charge is -2.17. The number of hydrazine groups is 1. The number of hydrogen-bond donors (Lipinski definition) is 2. The van der Waals surface area contributed by atoms with E-state index in [9.17, 15) is 0 Å². The largest absolute Gasteiger partial charge is 0.271 e. The van der Waals surface area contributed by atoms with Gasteiger partial charge in [-0.3, -0.25) is 11.3 Å². The number of nitrogens with two attached hydrogens (primary N) is 1. The van der Waals surface area contributed by atoms with Crippen molar-refractivity contribution >= 4 is 22.6 Å². The summed E-state index contributed by atoms with van der Waals surface area (Å²) < 4.78 is 1.29. The maximum Gasteiger partial charge on any atom is 0.0470 e. The lowest BCUT2D eigenvalue weighted by atomic mass is 10.0. The fourth-order valence-electron chi connectivity index (χ4n) is 2.04. The van der Waals surface area contributed by atoms with Gasteiger partial charge in [-0.05, 0) is 40.6 Å². The second-order valence-corrected chi connectivity index (χ2v) is 5.61. The van der Waals surface area contributed by atoms with Crippen LogP contribution in [0.1, 0.15) is 57.1 Å². The number of nitrogens with one attached hydrogen (secondary N) is 1. The van der Waals surface area contributed by atoms with Gasteiger partial charge < -0.3 is 0 Å². The van der Waals surface area contributed by atoms with Crippen LogP contribution in [-0.4, -0.2) is 0 Å². The second kappa shape index (κ2) is 8.89. The van der Waals surface area contributed by atoms with Crippen LogP contribution in [0.15, 0.2) is 24.3 Å². The van der Waals surface area contributed by atoms with Crippen LogP contribution in [0.5, 0.6) is 0 Å². The predicted molar refractivity (Wildman–Crippen MR) is 82.6 cm³/mol. The Kier molecular flexibility index (Phi) is 7.81. The third kappa shape index (κ3) is 5.36. The molecule has 0 saturated heterocycles. The summed E-state index contributed by atoms with van der Waals surface area (Å²) >= 11 is 2.38. The number of unbranched alkanes of at least 4 members (excludes halogenated alkanes) is 4. The Hall–Kier alpha value is -0.130. The van der Waals surface area contributed by atoms with Gasteiger partial charge in [0.2, 0.25) is 0 Å². The van der Waals surface area contributed by atoms with Crippen molar-refractivity contribution in [1.82, 2.24) is 5.43 Å². The highest BCUT2D eigenvalue weighted by Gasteiger charge is 2.11. The monoisotopic (exact) mass is 346 g/mol. The molecule has 1 atom stereocenters. The Bertz CT molecular complexity index is 315. The van der Waals surface area contributed by atoms with Crippen LogP contribution < -0.4 is 11.3 Å². The Balaban J connectivity index is 2.41. The minimum atomic E-state index is 0.296. The number of rotatable bonds is 8. The SMILES string of the molecule is CCCCCCCC(NN)c1ccccc1I. The molecular formula is C14H23IN2. The van der Waals surface area contributed by atoms with Crippen LogP contribution >= 0.6 is 22.6 Å². The molecule has 96 valence electrons. The molecular weight excluding hydrogens is 323 g/mol. The lowest BCUT2D eigenvalue weighted by molar-refractivity contribution is 0.477. The van der Waals surface area contributed by atoms with Crippen LogP contribution in [-0.2, 0) is 0 Å². The fraction of sp³-hybridized carbons (Fsp3) is 0.571. The van der Waals surface area contributed by atoms with E-state index >= 15 is 0 Å². The van der Waals surface area contributed by atoms with Gasteiger partial charge in [-0.1, -0.05) is 57.2 Å². The van der Waals surface area contributed by atoms with Crippen molar-refractivity contribution in [2.45, 2.75) is 51.5 Å².